The number of sulfonamides is 1. The SMILES string of the molecule is [CH2]c1ccccc1S(=O)(=O)N(C)C. The zero-order valence-electron chi connectivity index (χ0n) is 7.69. The Morgan fingerprint density at radius 3 is 2.23 bits per heavy atom. The molecule has 0 N–H and O–H groups in total. The summed E-state index contributed by atoms with van der Waals surface area (Å²) in [6.07, 6.45) is 0. The summed E-state index contributed by atoms with van der Waals surface area (Å²) in [5.74, 6) is 0. The van der Waals surface area contributed by atoms with E-state index in [4.69, 9.17) is 0 Å². The van der Waals surface area contributed by atoms with E-state index in [1.807, 2.05) is 0 Å². The molecule has 0 atom stereocenters. The topological polar surface area (TPSA) is 37.4 Å². The van der Waals surface area contributed by atoms with Crippen LogP contribution in [0.1, 0.15) is 5.56 Å². The average molecular weight is 198 g/mol. The highest BCUT2D eigenvalue weighted by molar-refractivity contribution is 7.89. The number of rotatable bonds is 2. The molecule has 0 amide bonds. The molecule has 0 fully saturated rings. The van der Waals surface area contributed by atoms with Gasteiger partial charge >= 0.3 is 0 Å². The van der Waals surface area contributed by atoms with Crippen molar-refractivity contribution < 1.29 is 8.42 Å². The van der Waals surface area contributed by atoms with E-state index in [1.54, 1.807) is 24.3 Å². The molecule has 1 rings (SSSR count). The lowest BCUT2D eigenvalue weighted by atomic mass is 10.2. The van der Waals surface area contributed by atoms with Crippen LogP contribution in [0.2, 0.25) is 0 Å². The molecule has 0 spiro atoms. The van der Waals surface area contributed by atoms with Gasteiger partial charge in [-0.2, -0.15) is 0 Å². The van der Waals surface area contributed by atoms with Crippen molar-refractivity contribution in [2.75, 3.05) is 14.1 Å². The zero-order chi connectivity index (χ0) is 10.1. The molecule has 0 saturated carbocycles. The normalized spacial score (nSPS) is 12.0. The van der Waals surface area contributed by atoms with E-state index in [9.17, 15) is 8.42 Å². The van der Waals surface area contributed by atoms with Crippen LogP contribution in [0.5, 0.6) is 0 Å². The molecule has 0 heterocycles. The maximum Gasteiger partial charge on any atom is 0.242 e. The smallest absolute Gasteiger partial charge is 0.207 e. The van der Waals surface area contributed by atoms with Crippen LogP contribution in [0.25, 0.3) is 0 Å². The number of hydrogen-bond donors (Lipinski definition) is 0. The van der Waals surface area contributed by atoms with Gasteiger partial charge in [0.25, 0.3) is 0 Å². The molecule has 3 nitrogen and oxygen atoms in total. The van der Waals surface area contributed by atoms with E-state index >= 15 is 0 Å². The fraction of sp³-hybridized carbons (Fsp3) is 0.222. The van der Waals surface area contributed by atoms with Gasteiger partial charge in [0.15, 0.2) is 0 Å². The van der Waals surface area contributed by atoms with Crippen LogP contribution in [-0.2, 0) is 10.0 Å². The summed E-state index contributed by atoms with van der Waals surface area (Å²) in [7, 11) is -0.333. The summed E-state index contributed by atoms with van der Waals surface area (Å²) in [4.78, 5) is 0.264. The number of benzene rings is 1. The van der Waals surface area contributed by atoms with Gasteiger partial charge in [0.2, 0.25) is 10.0 Å². The van der Waals surface area contributed by atoms with Crippen LogP contribution in [0.15, 0.2) is 29.2 Å². The maximum absolute atomic E-state index is 11.6. The average Bonchev–Trinajstić information content (AvgIpc) is 2.04. The fourth-order valence-electron chi connectivity index (χ4n) is 0.952. The third-order valence-corrected chi connectivity index (χ3v) is 3.65. The van der Waals surface area contributed by atoms with Crippen molar-refractivity contribution >= 4 is 10.0 Å². The Morgan fingerprint density at radius 2 is 1.77 bits per heavy atom. The van der Waals surface area contributed by atoms with Crippen molar-refractivity contribution in [2.45, 2.75) is 4.90 Å². The van der Waals surface area contributed by atoms with E-state index in [-0.39, 0.29) is 4.90 Å². The first kappa shape index (κ1) is 10.2. The van der Waals surface area contributed by atoms with E-state index in [1.165, 1.54) is 18.4 Å². The van der Waals surface area contributed by atoms with Crippen molar-refractivity contribution in [1.82, 2.24) is 4.31 Å². The molecule has 71 valence electrons. The third-order valence-electron chi connectivity index (χ3n) is 1.73. The molecule has 1 radical (unpaired) electrons. The van der Waals surface area contributed by atoms with Gasteiger partial charge < -0.3 is 0 Å². The van der Waals surface area contributed by atoms with Crippen LogP contribution in [0.3, 0.4) is 0 Å². The molecule has 0 aliphatic heterocycles. The summed E-state index contributed by atoms with van der Waals surface area (Å²) in [6.45, 7) is 3.66. The first-order chi connectivity index (χ1) is 5.96. The van der Waals surface area contributed by atoms with E-state index in [0.717, 1.165) is 0 Å². The van der Waals surface area contributed by atoms with Crippen molar-refractivity contribution in [2.24, 2.45) is 0 Å². The molecule has 0 saturated heterocycles. The van der Waals surface area contributed by atoms with Gasteiger partial charge in [-0.25, -0.2) is 12.7 Å². The van der Waals surface area contributed by atoms with Gasteiger partial charge in [-0.3, -0.25) is 0 Å². The second-order valence-corrected chi connectivity index (χ2v) is 5.02. The van der Waals surface area contributed by atoms with Crippen LogP contribution in [0.4, 0.5) is 0 Å². The van der Waals surface area contributed by atoms with E-state index < -0.39 is 10.0 Å². The Bertz CT molecular complexity index is 396. The predicted octanol–water partition coefficient (Wildman–Crippen LogP) is 1.12. The third kappa shape index (κ3) is 1.89. The Morgan fingerprint density at radius 1 is 1.23 bits per heavy atom. The van der Waals surface area contributed by atoms with Crippen molar-refractivity contribution in [3.8, 4) is 0 Å². The monoisotopic (exact) mass is 198 g/mol. The minimum atomic E-state index is -3.34. The number of nitrogens with zero attached hydrogens (tertiary/aromatic N) is 1. The summed E-state index contributed by atoms with van der Waals surface area (Å²) in [6, 6.07) is 6.68. The predicted molar refractivity (Wildman–Crippen MR) is 51.8 cm³/mol. The van der Waals surface area contributed by atoms with Crippen molar-refractivity contribution in [3.63, 3.8) is 0 Å². The van der Waals surface area contributed by atoms with Gasteiger partial charge in [-0.05, 0) is 18.6 Å². The standard InChI is InChI=1S/C9H12NO2S/c1-8-6-4-5-7-9(8)13(11,12)10(2)3/h4-7H,1H2,2-3H3. The Labute approximate surface area is 79.0 Å². The van der Waals surface area contributed by atoms with Crippen LogP contribution >= 0.6 is 0 Å². The summed E-state index contributed by atoms with van der Waals surface area (Å²) in [5.41, 5.74) is 0.524. The minimum absolute atomic E-state index is 0.264. The van der Waals surface area contributed by atoms with Crippen molar-refractivity contribution in [3.05, 3.63) is 36.8 Å². The minimum Gasteiger partial charge on any atom is -0.207 e. The summed E-state index contributed by atoms with van der Waals surface area (Å²) < 4.78 is 24.5. The molecule has 4 heteroatoms. The lowest BCUT2D eigenvalue weighted by Crippen LogP contribution is -2.22. The molecule has 0 aliphatic carbocycles. The zero-order valence-corrected chi connectivity index (χ0v) is 8.50. The highest BCUT2D eigenvalue weighted by atomic mass is 32.2. The first-order valence-electron chi connectivity index (χ1n) is 3.80. The van der Waals surface area contributed by atoms with Gasteiger partial charge in [0.05, 0.1) is 4.90 Å². The van der Waals surface area contributed by atoms with Crippen LogP contribution < -0.4 is 0 Å². The lowest BCUT2D eigenvalue weighted by molar-refractivity contribution is 0.520. The molecule has 13 heavy (non-hydrogen) atoms. The summed E-state index contributed by atoms with van der Waals surface area (Å²) in [5, 5.41) is 0. The summed E-state index contributed by atoms with van der Waals surface area (Å²) >= 11 is 0. The molecule has 0 unspecified atom stereocenters. The first-order valence-corrected chi connectivity index (χ1v) is 5.24. The Balaban J connectivity index is 3.32. The molecule has 1 aromatic carbocycles. The van der Waals surface area contributed by atoms with Gasteiger partial charge in [0, 0.05) is 14.1 Å². The van der Waals surface area contributed by atoms with Crippen molar-refractivity contribution in [1.29, 1.82) is 0 Å². The Kier molecular flexibility index (Phi) is 2.73. The molecular weight excluding hydrogens is 186 g/mol. The van der Waals surface area contributed by atoms with E-state index in [2.05, 4.69) is 6.92 Å². The van der Waals surface area contributed by atoms with Gasteiger partial charge in [-0.1, -0.05) is 18.2 Å². The largest absolute Gasteiger partial charge is 0.242 e. The molecule has 0 bridgehead atoms. The highest BCUT2D eigenvalue weighted by Crippen LogP contribution is 2.16. The molecule has 0 aromatic heterocycles. The molecular formula is C9H12NO2S. The van der Waals surface area contributed by atoms with Gasteiger partial charge in [-0.15, -0.1) is 0 Å². The Hall–Kier alpha value is -0.870. The number of hydrogen-bond acceptors (Lipinski definition) is 2. The maximum atomic E-state index is 11.6. The van der Waals surface area contributed by atoms with E-state index in [0.29, 0.717) is 5.56 Å². The fourth-order valence-corrected chi connectivity index (χ4v) is 2.00. The highest BCUT2D eigenvalue weighted by Gasteiger charge is 2.18. The van der Waals surface area contributed by atoms with Crippen LogP contribution in [-0.4, -0.2) is 26.8 Å². The van der Waals surface area contributed by atoms with Gasteiger partial charge in [0.1, 0.15) is 0 Å². The second-order valence-electron chi connectivity index (χ2n) is 2.90. The lowest BCUT2D eigenvalue weighted by Gasteiger charge is -2.12. The quantitative estimate of drug-likeness (QED) is 0.714. The van der Waals surface area contributed by atoms with Crippen LogP contribution in [0, 0.1) is 6.92 Å². The second kappa shape index (κ2) is 3.47. The molecule has 0 aliphatic rings. The molecule has 1 aromatic rings.